The average Bonchev–Trinajstić information content (AvgIpc) is 3.52. The topological polar surface area (TPSA) is 119 Å². The number of hydrogen-bond acceptors (Lipinski definition) is 6. The van der Waals surface area contributed by atoms with E-state index >= 15 is 0 Å². The number of rotatable bonds is 4. The number of nitrogens with two attached hydrogens (primary N) is 1. The largest absolute Gasteiger partial charge is 0.434 e. The van der Waals surface area contributed by atoms with Gasteiger partial charge < -0.3 is 16.0 Å². The lowest BCUT2D eigenvalue weighted by Gasteiger charge is -2.21. The smallest absolute Gasteiger partial charge is 0.382 e. The molecule has 0 radical (unpaired) electrons. The van der Waals surface area contributed by atoms with Crippen LogP contribution in [0.5, 0.6) is 0 Å². The minimum atomic E-state index is -4.91. The van der Waals surface area contributed by atoms with Crippen molar-refractivity contribution in [2.24, 2.45) is 11.8 Å². The van der Waals surface area contributed by atoms with Crippen molar-refractivity contribution < 1.29 is 31.5 Å². The third-order valence-electron chi connectivity index (χ3n) is 7.46. The van der Waals surface area contributed by atoms with Gasteiger partial charge in [0.15, 0.2) is 11.5 Å². The fourth-order valence-corrected chi connectivity index (χ4v) is 5.46. The molecule has 3 aromatic rings. The van der Waals surface area contributed by atoms with E-state index in [1.165, 1.54) is 15.7 Å². The predicted octanol–water partition coefficient (Wildman–Crippen LogP) is 3.71. The fourth-order valence-electron chi connectivity index (χ4n) is 5.46. The minimum absolute atomic E-state index is 0.0149. The van der Waals surface area contributed by atoms with Crippen molar-refractivity contribution in [3.63, 3.8) is 0 Å². The summed E-state index contributed by atoms with van der Waals surface area (Å²) in [6, 6.07) is 2.08. The molecule has 1 saturated carbocycles. The summed E-state index contributed by atoms with van der Waals surface area (Å²) in [6.45, 7) is 3.69. The molecule has 2 unspecified atom stereocenters. The van der Waals surface area contributed by atoms with Gasteiger partial charge >= 0.3 is 6.18 Å². The molecule has 208 valence electrons. The quantitative estimate of drug-likeness (QED) is 0.478. The molecule has 4 heterocycles. The maximum Gasteiger partial charge on any atom is 0.434 e. The molecule has 2 aliphatic rings. The van der Waals surface area contributed by atoms with Gasteiger partial charge in [-0.25, -0.2) is 18.3 Å². The number of nitrogens with zero attached hydrogens (tertiary/aromatic N) is 5. The second-order valence-corrected chi connectivity index (χ2v) is 10.3. The Labute approximate surface area is 219 Å². The second-order valence-electron chi connectivity index (χ2n) is 10.3. The van der Waals surface area contributed by atoms with Gasteiger partial charge in [-0.15, -0.1) is 0 Å². The Morgan fingerprint density at radius 2 is 1.92 bits per heavy atom. The highest BCUT2D eigenvalue weighted by atomic mass is 19.4. The second kappa shape index (κ2) is 9.42. The van der Waals surface area contributed by atoms with Gasteiger partial charge in [0, 0.05) is 43.6 Å². The van der Waals surface area contributed by atoms with Gasteiger partial charge in [-0.3, -0.25) is 14.6 Å². The summed E-state index contributed by atoms with van der Waals surface area (Å²) < 4.78 is 70.2. The van der Waals surface area contributed by atoms with Gasteiger partial charge in [-0.1, -0.05) is 6.92 Å². The van der Waals surface area contributed by atoms with E-state index in [-0.39, 0.29) is 43.2 Å². The predicted molar refractivity (Wildman–Crippen MR) is 130 cm³/mol. The highest BCUT2D eigenvalue weighted by Gasteiger charge is 2.46. The van der Waals surface area contributed by atoms with Crippen LogP contribution in [-0.4, -0.2) is 61.4 Å². The van der Waals surface area contributed by atoms with E-state index in [4.69, 9.17) is 5.73 Å². The number of anilines is 1. The van der Waals surface area contributed by atoms with Crippen LogP contribution < -0.4 is 11.1 Å². The number of nitrogens with one attached hydrogen (secondary N) is 1. The van der Waals surface area contributed by atoms with Crippen molar-refractivity contribution in [1.29, 1.82) is 0 Å². The van der Waals surface area contributed by atoms with E-state index in [0.717, 1.165) is 12.3 Å². The number of nitrogen functional groups attached to an aromatic ring is 1. The van der Waals surface area contributed by atoms with Gasteiger partial charge in [0.2, 0.25) is 11.8 Å². The summed E-state index contributed by atoms with van der Waals surface area (Å²) in [6.07, 6.45) is -3.50. The Morgan fingerprint density at radius 3 is 2.59 bits per heavy atom. The Balaban J connectivity index is 1.41. The van der Waals surface area contributed by atoms with Crippen LogP contribution in [0.4, 0.5) is 27.8 Å². The van der Waals surface area contributed by atoms with Crippen LogP contribution in [0, 0.1) is 18.8 Å². The number of pyridine rings is 1. The SMILES string of the molecule is Cc1cc(-c2cnc(C(F)(F)F)c(C(=O)NC3CN(C(=O)C4CCC(F)(F)C4)C[C@@H]3C)c2)n2ncnc(N)c12. The molecular weight excluding hydrogens is 525 g/mol. The first-order valence-corrected chi connectivity index (χ1v) is 12.4. The number of amides is 2. The van der Waals surface area contributed by atoms with Gasteiger partial charge in [-0.05, 0) is 37.0 Å². The molecule has 2 amide bonds. The van der Waals surface area contributed by atoms with Crippen LogP contribution in [0.25, 0.3) is 16.8 Å². The first kappa shape index (κ1) is 26.8. The zero-order valence-electron chi connectivity index (χ0n) is 21.1. The molecule has 0 spiro atoms. The maximum atomic E-state index is 13.8. The van der Waals surface area contributed by atoms with E-state index in [9.17, 15) is 31.5 Å². The summed E-state index contributed by atoms with van der Waals surface area (Å²) >= 11 is 0. The van der Waals surface area contributed by atoms with Crippen molar-refractivity contribution in [2.75, 3.05) is 18.8 Å². The Morgan fingerprint density at radius 1 is 1.18 bits per heavy atom. The highest BCUT2D eigenvalue weighted by Crippen LogP contribution is 2.40. The first-order chi connectivity index (χ1) is 18.2. The number of aromatic nitrogens is 4. The van der Waals surface area contributed by atoms with E-state index in [0.29, 0.717) is 16.8 Å². The summed E-state index contributed by atoms with van der Waals surface area (Å²) in [5, 5.41) is 6.74. The van der Waals surface area contributed by atoms with Crippen LogP contribution in [0.3, 0.4) is 0 Å². The molecule has 39 heavy (non-hydrogen) atoms. The standard InChI is InChI=1S/C25H26F5N7O2/c1-12-5-18(37-19(12)21(31)33-11-34-37)15-6-16(20(32-8-15)25(28,29)30)22(38)35-17-10-36(9-13(17)2)23(39)14-3-4-24(26,27)7-14/h5-6,8,11,13-14,17H,3-4,7,9-10H2,1-2H3,(H,35,38)(H2,31,33,34)/t13-,14?,17?/m0/s1. The van der Waals surface area contributed by atoms with E-state index in [2.05, 4.69) is 20.4 Å². The van der Waals surface area contributed by atoms with Crippen molar-refractivity contribution in [3.05, 3.63) is 41.5 Å². The number of fused-ring (bicyclic) bond motifs is 1. The fraction of sp³-hybridized carbons (Fsp3) is 0.480. The molecule has 3 N–H and O–H groups in total. The van der Waals surface area contributed by atoms with Crippen LogP contribution in [-0.2, 0) is 11.0 Å². The van der Waals surface area contributed by atoms with Crippen LogP contribution in [0.2, 0.25) is 0 Å². The molecule has 1 aliphatic carbocycles. The molecule has 1 aliphatic heterocycles. The molecule has 2 fully saturated rings. The van der Waals surface area contributed by atoms with E-state index in [1.807, 2.05) is 0 Å². The van der Waals surface area contributed by atoms with Gasteiger partial charge in [0.25, 0.3) is 5.91 Å². The van der Waals surface area contributed by atoms with E-state index < -0.39 is 53.6 Å². The van der Waals surface area contributed by atoms with Crippen LogP contribution >= 0.6 is 0 Å². The number of hydrogen-bond donors (Lipinski definition) is 2. The van der Waals surface area contributed by atoms with Crippen LogP contribution in [0.15, 0.2) is 24.7 Å². The number of halogens is 5. The lowest BCUT2D eigenvalue weighted by atomic mass is 10.0. The normalized spacial score (nSPS) is 22.9. The summed E-state index contributed by atoms with van der Waals surface area (Å²) in [5.41, 5.74) is 5.60. The summed E-state index contributed by atoms with van der Waals surface area (Å²) in [4.78, 5) is 35.0. The lowest BCUT2D eigenvalue weighted by molar-refractivity contribution is -0.141. The number of alkyl halides is 5. The zero-order chi connectivity index (χ0) is 28.3. The molecule has 3 aromatic heterocycles. The highest BCUT2D eigenvalue weighted by molar-refractivity contribution is 5.97. The van der Waals surface area contributed by atoms with Crippen molar-refractivity contribution >= 4 is 23.1 Å². The molecule has 5 rings (SSSR count). The van der Waals surface area contributed by atoms with Crippen molar-refractivity contribution in [3.8, 4) is 11.3 Å². The van der Waals surface area contributed by atoms with E-state index in [1.54, 1.807) is 19.9 Å². The monoisotopic (exact) mass is 551 g/mol. The van der Waals surface area contributed by atoms with Crippen molar-refractivity contribution in [2.45, 2.75) is 51.3 Å². The maximum absolute atomic E-state index is 13.8. The molecule has 3 atom stereocenters. The lowest BCUT2D eigenvalue weighted by Crippen LogP contribution is -2.42. The number of carbonyl (C=O) groups excluding carboxylic acids is 2. The molecule has 14 heteroatoms. The van der Waals surface area contributed by atoms with Gasteiger partial charge in [-0.2, -0.15) is 18.3 Å². The third-order valence-corrected chi connectivity index (χ3v) is 7.46. The number of likely N-dealkylation sites (tertiary alicyclic amines) is 1. The summed E-state index contributed by atoms with van der Waals surface area (Å²) in [7, 11) is 0. The minimum Gasteiger partial charge on any atom is -0.382 e. The Kier molecular flexibility index (Phi) is 6.46. The Bertz CT molecular complexity index is 1450. The van der Waals surface area contributed by atoms with Gasteiger partial charge in [0.05, 0.1) is 17.3 Å². The molecule has 9 nitrogen and oxygen atoms in total. The third kappa shape index (κ3) is 4.99. The molecule has 0 bridgehead atoms. The molecular formula is C25H26F5N7O2. The molecule has 0 aromatic carbocycles. The number of carbonyl (C=O) groups is 2. The van der Waals surface area contributed by atoms with Gasteiger partial charge in [0.1, 0.15) is 11.8 Å². The molecule has 1 saturated heterocycles. The first-order valence-electron chi connectivity index (χ1n) is 12.4. The average molecular weight is 552 g/mol. The summed E-state index contributed by atoms with van der Waals surface area (Å²) in [5.74, 6) is -5.25. The zero-order valence-corrected chi connectivity index (χ0v) is 21.1. The van der Waals surface area contributed by atoms with Crippen molar-refractivity contribution in [1.82, 2.24) is 29.8 Å². The van der Waals surface area contributed by atoms with Crippen LogP contribution in [0.1, 0.15) is 47.8 Å². The number of aryl methyl sites for hydroxylation is 1. The Hall–Kier alpha value is -3.84.